The molecule has 24 heavy (non-hydrogen) atoms. The van der Waals surface area contributed by atoms with Crippen LogP contribution in [-0.4, -0.2) is 16.0 Å². The molecule has 0 aliphatic heterocycles. The molecular weight excluding hydrogens is 305 g/mol. The highest BCUT2D eigenvalue weighted by Gasteiger charge is 2.10. The first kappa shape index (κ1) is 15.4. The van der Waals surface area contributed by atoms with Crippen molar-refractivity contribution in [2.45, 2.75) is 0 Å². The summed E-state index contributed by atoms with van der Waals surface area (Å²) >= 11 is 0. The van der Waals surface area contributed by atoms with Gasteiger partial charge in [-0.05, 0) is 48.6 Å². The molecule has 116 valence electrons. The van der Waals surface area contributed by atoms with E-state index in [9.17, 15) is 9.18 Å². The van der Waals surface area contributed by atoms with Crippen LogP contribution in [-0.2, 0) is 0 Å². The molecule has 0 radical (unpaired) electrons. The third-order valence-corrected chi connectivity index (χ3v) is 3.52. The lowest BCUT2D eigenvalue weighted by molar-refractivity contribution is 0.104. The van der Waals surface area contributed by atoms with Gasteiger partial charge in [0.1, 0.15) is 5.82 Å². The molecule has 0 saturated carbocycles. The van der Waals surface area contributed by atoms with E-state index in [1.54, 1.807) is 48.5 Å². The maximum Gasteiger partial charge on any atom is 0.185 e. The molecule has 0 amide bonds. The molecule has 0 atom stereocenters. The van der Waals surface area contributed by atoms with Crippen molar-refractivity contribution in [3.8, 4) is 17.3 Å². The summed E-state index contributed by atoms with van der Waals surface area (Å²) in [6.45, 7) is 0. The number of carbonyl (C=O) groups excluding carboxylic acids is 1. The van der Waals surface area contributed by atoms with Gasteiger partial charge in [0.25, 0.3) is 0 Å². The molecule has 3 aromatic rings. The first-order valence-electron chi connectivity index (χ1n) is 7.20. The molecule has 0 unspecified atom stereocenters. The summed E-state index contributed by atoms with van der Waals surface area (Å²) in [6, 6.07) is 14.7. The van der Waals surface area contributed by atoms with E-state index in [0.29, 0.717) is 27.9 Å². The molecular formula is C19H12FN3O. The minimum atomic E-state index is -0.366. The van der Waals surface area contributed by atoms with Crippen LogP contribution in [0.1, 0.15) is 21.5 Å². The predicted octanol–water partition coefficient (Wildman–Crippen LogP) is 3.98. The van der Waals surface area contributed by atoms with Crippen molar-refractivity contribution in [1.82, 2.24) is 10.2 Å². The highest BCUT2D eigenvalue weighted by Crippen LogP contribution is 2.24. The number of rotatable bonds is 4. The van der Waals surface area contributed by atoms with Crippen LogP contribution in [0, 0.1) is 17.1 Å². The standard InChI is InChI=1S/C19H12FN3O/c20-17-4-2-1-3-16(17)19-15(12-22-23-19)9-10-18(24)14-7-5-13(11-21)6-8-14/h1-10,12H,(H,22,23)/b10-9+. The van der Waals surface area contributed by atoms with Crippen molar-refractivity contribution in [3.63, 3.8) is 0 Å². The predicted molar refractivity (Wildman–Crippen MR) is 88.5 cm³/mol. The molecule has 4 nitrogen and oxygen atoms in total. The zero-order chi connectivity index (χ0) is 16.9. The number of benzene rings is 2. The third-order valence-electron chi connectivity index (χ3n) is 3.52. The molecule has 2 aromatic carbocycles. The van der Waals surface area contributed by atoms with Gasteiger partial charge in [-0.25, -0.2) is 4.39 Å². The second-order valence-electron chi connectivity index (χ2n) is 5.07. The lowest BCUT2D eigenvalue weighted by atomic mass is 10.1. The van der Waals surface area contributed by atoms with Crippen molar-refractivity contribution in [3.05, 3.63) is 83.3 Å². The van der Waals surface area contributed by atoms with E-state index >= 15 is 0 Å². The molecule has 1 heterocycles. The molecule has 5 heteroatoms. The van der Waals surface area contributed by atoms with Crippen LogP contribution in [0.2, 0.25) is 0 Å². The van der Waals surface area contributed by atoms with E-state index in [1.807, 2.05) is 6.07 Å². The minimum Gasteiger partial charge on any atom is -0.289 e. The second-order valence-corrected chi connectivity index (χ2v) is 5.07. The van der Waals surface area contributed by atoms with E-state index in [4.69, 9.17) is 5.26 Å². The third kappa shape index (κ3) is 3.13. The first-order valence-corrected chi connectivity index (χ1v) is 7.20. The molecule has 1 N–H and O–H groups in total. The van der Waals surface area contributed by atoms with Crippen molar-refractivity contribution in [2.24, 2.45) is 0 Å². The average molecular weight is 317 g/mol. The van der Waals surface area contributed by atoms with Gasteiger partial charge in [-0.3, -0.25) is 9.89 Å². The van der Waals surface area contributed by atoms with E-state index in [1.165, 1.54) is 18.3 Å². The van der Waals surface area contributed by atoms with E-state index in [-0.39, 0.29) is 11.6 Å². The summed E-state index contributed by atoms with van der Waals surface area (Å²) in [6.07, 6.45) is 4.52. The van der Waals surface area contributed by atoms with Crippen LogP contribution < -0.4 is 0 Å². The topological polar surface area (TPSA) is 69.5 Å². The molecule has 3 rings (SSSR count). The minimum absolute atomic E-state index is 0.208. The Balaban J connectivity index is 1.85. The van der Waals surface area contributed by atoms with Gasteiger partial charge in [-0.2, -0.15) is 10.4 Å². The van der Waals surface area contributed by atoms with Gasteiger partial charge in [0.15, 0.2) is 5.78 Å². The molecule has 0 saturated heterocycles. The Hall–Kier alpha value is -3.52. The Morgan fingerprint density at radius 1 is 1.17 bits per heavy atom. The fourth-order valence-electron chi connectivity index (χ4n) is 2.27. The average Bonchev–Trinajstić information content (AvgIpc) is 3.08. The van der Waals surface area contributed by atoms with Gasteiger partial charge < -0.3 is 0 Å². The molecule has 0 bridgehead atoms. The molecule has 0 spiro atoms. The monoisotopic (exact) mass is 317 g/mol. The quantitative estimate of drug-likeness (QED) is 0.584. The normalized spacial score (nSPS) is 10.7. The van der Waals surface area contributed by atoms with Crippen LogP contribution in [0.25, 0.3) is 17.3 Å². The number of hydrogen-bond donors (Lipinski definition) is 1. The van der Waals surface area contributed by atoms with Gasteiger partial charge >= 0.3 is 0 Å². The SMILES string of the molecule is N#Cc1ccc(C(=O)/C=C/c2cn[nH]c2-c2ccccc2F)cc1. The van der Waals surface area contributed by atoms with Crippen LogP contribution in [0.5, 0.6) is 0 Å². The Kier molecular flexibility index (Phi) is 4.30. The van der Waals surface area contributed by atoms with Crippen LogP contribution in [0.3, 0.4) is 0 Å². The summed E-state index contributed by atoms with van der Waals surface area (Å²) in [5.74, 6) is -0.574. The summed E-state index contributed by atoms with van der Waals surface area (Å²) < 4.78 is 13.9. The van der Waals surface area contributed by atoms with E-state index < -0.39 is 0 Å². The number of halogens is 1. The number of hydrogen-bond acceptors (Lipinski definition) is 3. The number of aromatic amines is 1. The summed E-state index contributed by atoms with van der Waals surface area (Å²) in [7, 11) is 0. The van der Waals surface area contributed by atoms with Crippen molar-refractivity contribution in [1.29, 1.82) is 5.26 Å². The fourth-order valence-corrected chi connectivity index (χ4v) is 2.27. The number of carbonyl (C=O) groups is 1. The summed E-state index contributed by atoms with van der Waals surface area (Å²) in [4.78, 5) is 12.2. The fraction of sp³-hybridized carbons (Fsp3) is 0. The number of nitrogens with zero attached hydrogens (tertiary/aromatic N) is 2. The number of allylic oxidation sites excluding steroid dienone is 1. The van der Waals surface area contributed by atoms with Gasteiger partial charge in [0, 0.05) is 16.7 Å². The lowest BCUT2D eigenvalue weighted by Crippen LogP contribution is -1.94. The van der Waals surface area contributed by atoms with Crippen molar-refractivity contribution in [2.75, 3.05) is 0 Å². The number of aromatic nitrogens is 2. The Bertz CT molecular complexity index is 949. The number of H-pyrrole nitrogens is 1. The van der Waals surface area contributed by atoms with Gasteiger partial charge in [0.2, 0.25) is 0 Å². The molecule has 0 aliphatic carbocycles. The highest BCUT2D eigenvalue weighted by molar-refractivity contribution is 6.07. The molecule has 0 fully saturated rings. The van der Waals surface area contributed by atoms with E-state index in [0.717, 1.165) is 0 Å². The molecule has 0 aliphatic rings. The first-order chi connectivity index (χ1) is 11.7. The summed E-state index contributed by atoms with van der Waals surface area (Å²) in [5, 5.41) is 15.4. The zero-order valence-electron chi connectivity index (χ0n) is 12.5. The zero-order valence-corrected chi connectivity index (χ0v) is 12.5. The van der Waals surface area contributed by atoms with Gasteiger partial charge in [-0.1, -0.05) is 12.1 Å². The maximum absolute atomic E-state index is 13.9. The van der Waals surface area contributed by atoms with Crippen LogP contribution in [0.4, 0.5) is 4.39 Å². The van der Waals surface area contributed by atoms with Crippen molar-refractivity contribution >= 4 is 11.9 Å². The van der Waals surface area contributed by atoms with E-state index in [2.05, 4.69) is 10.2 Å². The lowest BCUT2D eigenvalue weighted by Gasteiger charge is -2.01. The smallest absolute Gasteiger partial charge is 0.185 e. The largest absolute Gasteiger partial charge is 0.289 e. The Morgan fingerprint density at radius 3 is 2.62 bits per heavy atom. The number of nitriles is 1. The van der Waals surface area contributed by atoms with Crippen molar-refractivity contribution < 1.29 is 9.18 Å². The van der Waals surface area contributed by atoms with Crippen LogP contribution >= 0.6 is 0 Å². The van der Waals surface area contributed by atoms with Gasteiger partial charge in [-0.15, -0.1) is 0 Å². The van der Waals surface area contributed by atoms with Crippen LogP contribution in [0.15, 0.2) is 60.8 Å². The van der Waals surface area contributed by atoms with Gasteiger partial charge in [0.05, 0.1) is 23.5 Å². The summed E-state index contributed by atoms with van der Waals surface area (Å²) in [5.41, 5.74) is 2.48. The Morgan fingerprint density at radius 2 is 1.92 bits per heavy atom. The molecule has 1 aromatic heterocycles. The highest BCUT2D eigenvalue weighted by atomic mass is 19.1. The number of nitrogens with one attached hydrogen (secondary N) is 1. The number of ketones is 1. The second kappa shape index (κ2) is 6.71. The maximum atomic E-state index is 13.9. The Labute approximate surface area is 137 Å².